The van der Waals surface area contributed by atoms with Crippen LogP contribution in [0.5, 0.6) is 5.75 Å². The molecule has 0 saturated carbocycles. The van der Waals surface area contributed by atoms with Crippen LogP contribution in [0.4, 0.5) is 0 Å². The quantitative estimate of drug-likeness (QED) is 0.446. The molecule has 0 spiro atoms. The summed E-state index contributed by atoms with van der Waals surface area (Å²) in [6.07, 6.45) is -0.124. The van der Waals surface area contributed by atoms with Crippen molar-refractivity contribution in [1.29, 1.82) is 0 Å². The first-order valence-electron chi connectivity index (χ1n) is 7.62. The number of carbonyl (C=O) groups excluding carboxylic acids is 2. The third-order valence-electron chi connectivity index (χ3n) is 3.81. The zero-order chi connectivity index (χ0) is 17.0. The van der Waals surface area contributed by atoms with E-state index in [1.54, 1.807) is 43.5 Å². The van der Waals surface area contributed by atoms with Crippen LogP contribution in [0.25, 0.3) is 0 Å². The van der Waals surface area contributed by atoms with E-state index in [4.69, 9.17) is 4.74 Å². The molecular weight excluding hydrogens is 369 g/mol. The van der Waals surface area contributed by atoms with Crippen molar-refractivity contribution in [3.8, 4) is 5.75 Å². The second-order valence-electron chi connectivity index (χ2n) is 6.58. The number of rotatable bonds is 5. The van der Waals surface area contributed by atoms with Crippen molar-refractivity contribution in [2.75, 3.05) is 7.11 Å². The summed E-state index contributed by atoms with van der Waals surface area (Å²) >= 11 is 0. The Morgan fingerprint density at radius 1 is 0.769 bits per heavy atom. The van der Waals surface area contributed by atoms with Crippen LogP contribution in [0.2, 0.25) is 0 Å². The van der Waals surface area contributed by atoms with Gasteiger partial charge in [0, 0.05) is 11.1 Å². The van der Waals surface area contributed by atoms with Crippen molar-refractivity contribution in [2.45, 2.75) is 32.6 Å². The number of hydrogen-bond donors (Lipinski definition) is 0. The molecule has 2 rings (SSSR count). The van der Waals surface area contributed by atoms with E-state index in [1.807, 2.05) is 12.1 Å². The maximum Gasteiger partial charge on any atom is 3.00 e. The Labute approximate surface area is 187 Å². The van der Waals surface area contributed by atoms with E-state index in [0.717, 1.165) is 5.56 Å². The summed E-state index contributed by atoms with van der Waals surface area (Å²) in [7, 11) is 1.57. The van der Waals surface area contributed by atoms with Gasteiger partial charge in [0.1, 0.15) is 5.75 Å². The van der Waals surface area contributed by atoms with Crippen LogP contribution in [0, 0.1) is 0 Å². The molecule has 0 N–H and O–H groups in total. The van der Waals surface area contributed by atoms with Crippen LogP contribution in [0.1, 0.15) is 53.5 Å². The van der Waals surface area contributed by atoms with E-state index < -0.39 is 0 Å². The van der Waals surface area contributed by atoms with Crippen LogP contribution in [-0.4, -0.2) is 70.8 Å². The summed E-state index contributed by atoms with van der Waals surface area (Å²) in [6.45, 7) is 6.37. The van der Waals surface area contributed by atoms with E-state index in [0.29, 0.717) is 16.9 Å². The summed E-state index contributed by atoms with van der Waals surface area (Å²) in [5, 5.41) is 0. The fraction of sp³-hybridized carbons (Fsp3) is 0.300. The molecule has 2 aromatic rings. The van der Waals surface area contributed by atoms with Gasteiger partial charge in [0.05, 0.1) is 13.5 Å². The predicted molar refractivity (Wildman–Crippen MR) is 109 cm³/mol. The van der Waals surface area contributed by atoms with Gasteiger partial charge < -0.3 is 4.74 Å². The number of benzene rings is 2. The topological polar surface area (TPSA) is 43.4 Å². The first kappa shape index (κ1) is 27.4. The smallest absolute Gasteiger partial charge is 0.497 e. The van der Waals surface area contributed by atoms with Crippen LogP contribution < -0.4 is 4.74 Å². The molecule has 0 amide bonds. The number of carbonyl (C=O) groups is 2. The Morgan fingerprint density at radius 2 is 1.15 bits per heavy atom. The maximum absolute atomic E-state index is 12.3. The van der Waals surface area contributed by atoms with Gasteiger partial charge in [-0.2, -0.15) is 0 Å². The summed E-state index contributed by atoms with van der Waals surface area (Å²) in [4.78, 5) is 24.5. The minimum Gasteiger partial charge on any atom is -0.497 e. The van der Waals surface area contributed by atoms with Gasteiger partial charge >= 0.3 is 52.1 Å². The molecule has 0 aliphatic rings. The Hall–Kier alpha value is -0.823. The van der Waals surface area contributed by atoms with Crippen molar-refractivity contribution in [2.24, 2.45) is 0 Å². The standard InChI is InChI=1S/C20H22O3.3Al/c1-20(2,3)16-9-5-14(6-10-16)18(21)13-19(22)15-7-11-17(23-4)12-8-15;;;/h5-12H,13H2,1-4H3;;;/q;3*+3. The number of hydrogen-bond acceptors (Lipinski definition) is 3. The van der Waals surface area contributed by atoms with Crippen molar-refractivity contribution in [3.63, 3.8) is 0 Å². The van der Waals surface area contributed by atoms with E-state index in [9.17, 15) is 9.59 Å². The molecule has 3 nitrogen and oxygen atoms in total. The molecule has 0 saturated heterocycles. The minimum absolute atomic E-state index is 0. The fourth-order valence-corrected chi connectivity index (χ4v) is 2.28. The molecule has 26 heavy (non-hydrogen) atoms. The molecule has 2 aromatic carbocycles. The molecule has 0 radical (unpaired) electrons. The van der Waals surface area contributed by atoms with Crippen molar-refractivity contribution in [3.05, 3.63) is 65.2 Å². The van der Waals surface area contributed by atoms with Crippen LogP contribution in [-0.2, 0) is 5.41 Å². The SMILES string of the molecule is COc1ccc(C(=O)CC(=O)c2ccc(C(C)(C)C)cc2)cc1.[Al+3].[Al+3].[Al+3]. The fourth-order valence-electron chi connectivity index (χ4n) is 2.28. The third-order valence-corrected chi connectivity index (χ3v) is 3.81. The van der Waals surface area contributed by atoms with Gasteiger partial charge in [-0.15, -0.1) is 0 Å². The van der Waals surface area contributed by atoms with Crippen LogP contribution in [0.15, 0.2) is 48.5 Å². The number of ketones is 2. The van der Waals surface area contributed by atoms with Crippen LogP contribution >= 0.6 is 0 Å². The molecule has 6 heteroatoms. The summed E-state index contributed by atoms with van der Waals surface area (Å²) in [5.41, 5.74) is 2.29. The average Bonchev–Trinajstić information content (AvgIpc) is 2.54. The molecular formula is C20H22Al3O3+9. The van der Waals surface area contributed by atoms with Crippen molar-refractivity contribution in [1.82, 2.24) is 0 Å². The number of Topliss-reactive ketones (excluding diaryl/α,β-unsaturated/α-hetero) is 2. The van der Waals surface area contributed by atoms with Gasteiger partial charge in [-0.1, -0.05) is 45.0 Å². The second kappa shape index (κ2) is 11.8. The Morgan fingerprint density at radius 3 is 1.50 bits per heavy atom. The van der Waals surface area contributed by atoms with Crippen molar-refractivity contribution < 1.29 is 14.3 Å². The maximum atomic E-state index is 12.3. The third kappa shape index (κ3) is 7.43. The van der Waals surface area contributed by atoms with E-state index >= 15 is 0 Å². The van der Waals surface area contributed by atoms with Gasteiger partial charge in [0.2, 0.25) is 0 Å². The second-order valence-corrected chi connectivity index (χ2v) is 6.58. The number of methoxy groups -OCH3 is 1. The van der Waals surface area contributed by atoms with Gasteiger partial charge in [-0.3, -0.25) is 9.59 Å². The van der Waals surface area contributed by atoms with E-state index in [1.165, 1.54) is 0 Å². The molecule has 0 aliphatic heterocycles. The predicted octanol–water partition coefficient (Wildman–Crippen LogP) is 3.31. The minimum atomic E-state index is -0.183. The van der Waals surface area contributed by atoms with Gasteiger partial charge in [-0.25, -0.2) is 0 Å². The van der Waals surface area contributed by atoms with Gasteiger partial charge in [0.25, 0.3) is 0 Å². The number of ether oxygens (including phenoxy) is 1. The molecule has 0 atom stereocenters. The van der Waals surface area contributed by atoms with Crippen molar-refractivity contribution >= 4 is 63.6 Å². The van der Waals surface area contributed by atoms with Crippen LogP contribution in [0.3, 0.4) is 0 Å². The summed E-state index contributed by atoms with van der Waals surface area (Å²) in [5.74, 6) is 0.342. The molecule has 120 valence electrons. The molecule has 0 heterocycles. The molecule has 0 aromatic heterocycles. The molecule has 0 aliphatic carbocycles. The first-order chi connectivity index (χ1) is 10.8. The zero-order valence-electron chi connectivity index (χ0n) is 15.8. The monoisotopic (exact) mass is 391 g/mol. The Kier molecular flexibility index (Phi) is 12.4. The Bertz CT molecular complexity index is 703. The molecule has 0 fully saturated rings. The zero-order valence-corrected chi connectivity index (χ0v) is 19.2. The average molecular weight is 391 g/mol. The molecule has 0 bridgehead atoms. The normalized spacial score (nSPS) is 9.85. The van der Waals surface area contributed by atoms with Gasteiger partial charge in [-0.05, 0) is 35.2 Å². The summed E-state index contributed by atoms with van der Waals surface area (Å²) in [6, 6.07) is 14.3. The van der Waals surface area contributed by atoms with E-state index in [-0.39, 0.29) is 75.5 Å². The first-order valence-corrected chi connectivity index (χ1v) is 7.62. The Balaban J connectivity index is 0. The van der Waals surface area contributed by atoms with Gasteiger partial charge in [0.15, 0.2) is 11.6 Å². The molecule has 0 unspecified atom stereocenters. The largest absolute Gasteiger partial charge is 3.00 e. The van der Waals surface area contributed by atoms with E-state index in [2.05, 4.69) is 20.8 Å². The summed E-state index contributed by atoms with van der Waals surface area (Å²) < 4.78 is 5.06.